The summed E-state index contributed by atoms with van der Waals surface area (Å²) >= 11 is 0. The lowest BCUT2D eigenvalue weighted by atomic mass is 9.92. The maximum absolute atomic E-state index is 11.4. The first-order chi connectivity index (χ1) is 7.45. The summed E-state index contributed by atoms with van der Waals surface area (Å²) in [7, 11) is 1.83. The summed E-state index contributed by atoms with van der Waals surface area (Å²) in [6.45, 7) is 8.90. The van der Waals surface area contributed by atoms with Crippen LogP contribution >= 0.6 is 0 Å². The third-order valence-electron chi connectivity index (χ3n) is 3.06. The average molecular weight is 231 g/mol. The van der Waals surface area contributed by atoms with E-state index < -0.39 is 5.72 Å². The van der Waals surface area contributed by atoms with Gasteiger partial charge < -0.3 is 15.7 Å². The van der Waals surface area contributed by atoms with Crippen LogP contribution in [0.15, 0.2) is 0 Å². The number of likely N-dealkylation sites (N-methyl/N-ethyl adjacent to an activating group) is 2. The quantitative estimate of drug-likeness (QED) is 0.708. The van der Waals surface area contributed by atoms with E-state index in [2.05, 4.69) is 0 Å². The Balaban J connectivity index is 0.00000106. The monoisotopic (exact) mass is 231 g/mol. The van der Waals surface area contributed by atoms with Gasteiger partial charge in [0.15, 0.2) is 0 Å². The zero-order valence-corrected chi connectivity index (χ0v) is 11.0. The molecule has 0 aromatic carbocycles. The molecule has 1 amide bonds. The minimum atomic E-state index is -0.916. The fraction of sp³-hybridized carbons (Fsp3) is 0.909. The first-order valence-electron chi connectivity index (χ1n) is 5.88. The Hall–Kier alpha value is -0.650. The second kappa shape index (κ2) is 6.18. The molecule has 2 atom stereocenters. The van der Waals surface area contributed by atoms with Crippen LogP contribution in [-0.4, -0.2) is 59.3 Å². The Bertz CT molecular complexity index is 231. The molecule has 0 spiro atoms. The second-order valence-electron chi connectivity index (χ2n) is 3.87. The van der Waals surface area contributed by atoms with E-state index in [-0.39, 0.29) is 18.5 Å². The predicted molar refractivity (Wildman–Crippen MR) is 64.8 cm³/mol. The number of hydrogen-bond acceptors (Lipinski definition) is 4. The number of carbonyl (C=O) groups is 1. The van der Waals surface area contributed by atoms with E-state index in [0.717, 1.165) is 0 Å². The van der Waals surface area contributed by atoms with Crippen molar-refractivity contribution in [3.63, 3.8) is 0 Å². The highest BCUT2D eigenvalue weighted by Crippen LogP contribution is 2.30. The highest BCUT2D eigenvalue weighted by Gasteiger charge is 2.50. The molecule has 0 unspecified atom stereocenters. The van der Waals surface area contributed by atoms with Crippen molar-refractivity contribution >= 4 is 5.91 Å². The molecule has 3 N–H and O–H groups in total. The molecule has 1 fully saturated rings. The van der Waals surface area contributed by atoms with Crippen molar-refractivity contribution in [3.05, 3.63) is 0 Å². The lowest BCUT2D eigenvalue weighted by molar-refractivity contribution is -0.214. The van der Waals surface area contributed by atoms with Gasteiger partial charge in [0.05, 0.1) is 12.6 Å². The van der Waals surface area contributed by atoms with Crippen molar-refractivity contribution < 1.29 is 9.90 Å². The molecule has 0 radical (unpaired) electrons. The average Bonchev–Trinajstić information content (AvgIpc) is 2.31. The zero-order valence-electron chi connectivity index (χ0n) is 11.0. The molecule has 1 aliphatic rings. The van der Waals surface area contributed by atoms with Crippen LogP contribution in [0.1, 0.15) is 27.7 Å². The number of carbonyl (C=O) groups excluding carboxylic acids is 1. The molecule has 0 bridgehead atoms. The van der Waals surface area contributed by atoms with Crippen molar-refractivity contribution in [2.45, 2.75) is 39.5 Å². The molecule has 5 heteroatoms. The molecular formula is C11H25N3O2. The molecule has 1 rings (SSSR count). The molecule has 96 valence electrons. The lowest BCUT2D eigenvalue weighted by Crippen LogP contribution is -2.74. The highest BCUT2D eigenvalue weighted by atomic mass is 16.3. The molecule has 16 heavy (non-hydrogen) atoms. The van der Waals surface area contributed by atoms with Gasteiger partial charge in [0.25, 0.3) is 0 Å². The Morgan fingerprint density at radius 1 is 1.62 bits per heavy atom. The van der Waals surface area contributed by atoms with E-state index in [1.807, 2.05) is 32.7 Å². The first-order valence-corrected chi connectivity index (χ1v) is 5.88. The number of nitrogens with two attached hydrogens (primary N) is 1. The predicted octanol–water partition coefficient (Wildman–Crippen LogP) is -0.158. The van der Waals surface area contributed by atoms with Gasteiger partial charge in [0, 0.05) is 13.1 Å². The van der Waals surface area contributed by atoms with Gasteiger partial charge in [0.1, 0.15) is 5.72 Å². The van der Waals surface area contributed by atoms with Crippen LogP contribution in [0, 0.1) is 0 Å². The molecule has 1 saturated heterocycles. The molecule has 1 aliphatic heterocycles. The van der Waals surface area contributed by atoms with Crippen molar-refractivity contribution in [3.8, 4) is 0 Å². The third kappa shape index (κ3) is 2.72. The molecular weight excluding hydrogens is 206 g/mol. The highest BCUT2D eigenvalue weighted by molar-refractivity contribution is 5.78. The van der Waals surface area contributed by atoms with Crippen molar-refractivity contribution in [1.82, 2.24) is 9.80 Å². The normalized spacial score (nSPS) is 28.8. The summed E-state index contributed by atoms with van der Waals surface area (Å²) in [6.07, 6.45) is 0. The maximum Gasteiger partial charge on any atom is 0.236 e. The fourth-order valence-corrected chi connectivity index (χ4v) is 1.84. The van der Waals surface area contributed by atoms with E-state index in [4.69, 9.17) is 5.73 Å². The molecule has 0 aromatic heterocycles. The topological polar surface area (TPSA) is 69.8 Å². The van der Waals surface area contributed by atoms with Gasteiger partial charge in [-0.3, -0.25) is 9.69 Å². The van der Waals surface area contributed by atoms with Crippen molar-refractivity contribution in [2.24, 2.45) is 5.73 Å². The Morgan fingerprint density at radius 3 is 2.38 bits per heavy atom. The van der Waals surface area contributed by atoms with E-state index in [1.165, 1.54) is 0 Å². The summed E-state index contributed by atoms with van der Waals surface area (Å²) in [5.41, 5.74) is 4.39. The third-order valence-corrected chi connectivity index (χ3v) is 3.06. The van der Waals surface area contributed by atoms with Crippen molar-refractivity contribution in [2.75, 3.05) is 26.7 Å². The summed E-state index contributed by atoms with van der Waals surface area (Å²) in [4.78, 5) is 14.9. The van der Waals surface area contributed by atoms with Crippen LogP contribution in [0.25, 0.3) is 0 Å². The number of hydrogen-bond donors (Lipinski definition) is 2. The number of rotatable bonds is 3. The van der Waals surface area contributed by atoms with Crippen LogP contribution in [-0.2, 0) is 4.79 Å². The zero-order chi connectivity index (χ0) is 12.9. The van der Waals surface area contributed by atoms with E-state index in [9.17, 15) is 9.90 Å². The van der Waals surface area contributed by atoms with Crippen LogP contribution in [0.4, 0.5) is 0 Å². The smallest absolute Gasteiger partial charge is 0.236 e. The van der Waals surface area contributed by atoms with Crippen LogP contribution in [0.5, 0.6) is 0 Å². The number of nitrogens with zero attached hydrogens (tertiary/aromatic N) is 2. The van der Waals surface area contributed by atoms with Gasteiger partial charge in [-0.2, -0.15) is 0 Å². The Morgan fingerprint density at radius 2 is 2.12 bits per heavy atom. The van der Waals surface area contributed by atoms with Crippen LogP contribution < -0.4 is 5.73 Å². The Kier molecular flexibility index (Phi) is 5.92. The minimum absolute atomic E-state index is 0.00410. The lowest BCUT2D eigenvalue weighted by Gasteiger charge is -2.55. The summed E-state index contributed by atoms with van der Waals surface area (Å²) in [6, 6.07) is -0.131. The van der Waals surface area contributed by atoms with E-state index >= 15 is 0 Å². The Labute approximate surface area is 98.2 Å². The minimum Gasteiger partial charge on any atom is -0.374 e. The molecule has 0 saturated carbocycles. The largest absolute Gasteiger partial charge is 0.374 e. The maximum atomic E-state index is 11.4. The summed E-state index contributed by atoms with van der Waals surface area (Å²) in [5, 5.41) is 9.98. The van der Waals surface area contributed by atoms with Crippen molar-refractivity contribution in [1.29, 1.82) is 0 Å². The molecule has 5 nitrogen and oxygen atoms in total. The second-order valence-corrected chi connectivity index (χ2v) is 3.87. The van der Waals surface area contributed by atoms with Crippen LogP contribution in [0.3, 0.4) is 0 Å². The first kappa shape index (κ1) is 15.3. The number of amides is 1. The van der Waals surface area contributed by atoms with Crippen LogP contribution in [0.2, 0.25) is 0 Å². The standard InChI is InChI=1S/C9H19N3O2.C2H6/c1-4-12(8(13)5-10)7-6-11(3)9(7,2)14;1-2/h7,14H,4-6,10H2,1-3H3;1-2H3/t7-,9+;/m1./s1. The molecule has 1 heterocycles. The number of aliphatic hydroxyl groups is 1. The van der Waals surface area contributed by atoms with Gasteiger partial charge in [-0.25, -0.2) is 0 Å². The van der Waals surface area contributed by atoms with E-state index in [1.54, 1.807) is 11.8 Å². The van der Waals surface area contributed by atoms with Gasteiger partial charge in [-0.15, -0.1) is 0 Å². The van der Waals surface area contributed by atoms with Gasteiger partial charge in [0.2, 0.25) is 5.91 Å². The molecule has 0 aliphatic carbocycles. The summed E-state index contributed by atoms with van der Waals surface area (Å²) < 4.78 is 0. The van der Waals surface area contributed by atoms with Gasteiger partial charge in [-0.05, 0) is 20.9 Å². The van der Waals surface area contributed by atoms with Gasteiger partial charge in [-0.1, -0.05) is 13.8 Å². The summed E-state index contributed by atoms with van der Waals surface area (Å²) in [5.74, 6) is -0.106. The SMILES string of the molecule is CC.CCN(C(=O)CN)[C@@H]1CN(C)[C@@]1(C)O. The number of likely N-dealkylation sites (tertiary alicyclic amines) is 1. The fourth-order valence-electron chi connectivity index (χ4n) is 1.84. The van der Waals surface area contributed by atoms with Gasteiger partial charge >= 0.3 is 0 Å². The van der Waals surface area contributed by atoms with E-state index in [0.29, 0.717) is 13.1 Å². The molecule has 0 aromatic rings.